The minimum atomic E-state index is -3.76. The fourth-order valence-corrected chi connectivity index (χ4v) is 4.20. The molecule has 27 heavy (non-hydrogen) atoms. The molecule has 2 N–H and O–H groups in total. The largest absolute Gasteiger partial charge is 0.493 e. The number of methoxy groups -OCH3 is 2. The lowest BCUT2D eigenvalue weighted by molar-refractivity contribution is -0.115. The normalized spacial score (nSPS) is 11.2. The molecule has 0 saturated heterocycles. The van der Waals surface area contributed by atoms with E-state index < -0.39 is 10.0 Å². The Balaban J connectivity index is 1.88. The van der Waals surface area contributed by atoms with E-state index in [0.29, 0.717) is 24.3 Å². The Morgan fingerprint density at radius 2 is 1.93 bits per heavy atom. The van der Waals surface area contributed by atoms with Crippen molar-refractivity contribution in [3.63, 3.8) is 0 Å². The molecular formula is C16H22N4O5S2. The Kier molecular flexibility index (Phi) is 7.51. The number of anilines is 1. The van der Waals surface area contributed by atoms with Crippen LogP contribution in [-0.4, -0.2) is 45.3 Å². The third kappa shape index (κ3) is 5.88. The van der Waals surface area contributed by atoms with Crippen LogP contribution in [0.25, 0.3) is 0 Å². The number of nitrogens with zero attached hydrogens (tertiary/aromatic N) is 2. The molecule has 148 valence electrons. The van der Waals surface area contributed by atoms with Crippen LogP contribution in [0.3, 0.4) is 0 Å². The van der Waals surface area contributed by atoms with E-state index in [0.717, 1.165) is 16.9 Å². The van der Waals surface area contributed by atoms with E-state index in [2.05, 4.69) is 20.2 Å². The average Bonchev–Trinajstić information content (AvgIpc) is 3.14. The maximum Gasteiger partial charge on any atom is 0.269 e. The van der Waals surface area contributed by atoms with E-state index in [1.54, 1.807) is 21.1 Å². The van der Waals surface area contributed by atoms with E-state index in [4.69, 9.17) is 9.47 Å². The van der Waals surface area contributed by atoms with Crippen molar-refractivity contribution in [2.75, 3.05) is 26.1 Å². The molecule has 0 aliphatic rings. The fraction of sp³-hybridized carbons (Fsp3) is 0.438. The first-order valence-electron chi connectivity index (χ1n) is 8.23. The molecule has 2 rings (SSSR count). The van der Waals surface area contributed by atoms with Crippen LogP contribution in [0.5, 0.6) is 11.5 Å². The molecule has 1 aromatic carbocycles. The van der Waals surface area contributed by atoms with Crippen molar-refractivity contribution in [3.8, 4) is 11.5 Å². The monoisotopic (exact) mass is 414 g/mol. The molecule has 1 amide bonds. The van der Waals surface area contributed by atoms with Crippen molar-refractivity contribution in [2.45, 2.75) is 30.5 Å². The Morgan fingerprint density at radius 1 is 1.19 bits per heavy atom. The number of hydrogen-bond acceptors (Lipinski definition) is 8. The van der Waals surface area contributed by atoms with Gasteiger partial charge in [-0.2, -0.15) is 0 Å². The molecule has 0 saturated carbocycles. The summed E-state index contributed by atoms with van der Waals surface area (Å²) in [5.74, 6) is 1.02. The summed E-state index contributed by atoms with van der Waals surface area (Å²) in [6.07, 6.45) is 1.53. The van der Waals surface area contributed by atoms with Gasteiger partial charge in [0.25, 0.3) is 10.0 Å². The zero-order valence-electron chi connectivity index (χ0n) is 15.3. The standard InChI is InChI=1S/C16H22N4O5S2/c1-4-14(21)18-15-19-20-16(26-15)27(22,23)17-9-5-6-11-7-8-12(24-2)13(10-11)25-3/h7-8,10,17H,4-6,9H2,1-3H3,(H,18,19,21). The van der Waals surface area contributed by atoms with E-state index >= 15 is 0 Å². The second-order valence-electron chi connectivity index (χ2n) is 5.47. The highest BCUT2D eigenvalue weighted by molar-refractivity contribution is 7.91. The van der Waals surface area contributed by atoms with Gasteiger partial charge in [-0.1, -0.05) is 24.3 Å². The smallest absolute Gasteiger partial charge is 0.269 e. The van der Waals surface area contributed by atoms with E-state index in [9.17, 15) is 13.2 Å². The van der Waals surface area contributed by atoms with E-state index in [1.807, 2.05) is 18.2 Å². The molecule has 2 aromatic rings. The van der Waals surface area contributed by atoms with Crippen LogP contribution in [0.2, 0.25) is 0 Å². The van der Waals surface area contributed by atoms with Crippen molar-refractivity contribution in [1.29, 1.82) is 0 Å². The molecule has 9 nitrogen and oxygen atoms in total. The molecule has 11 heteroatoms. The molecule has 0 aliphatic heterocycles. The lowest BCUT2D eigenvalue weighted by Gasteiger charge is -2.09. The summed E-state index contributed by atoms with van der Waals surface area (Å²) in [6, 6.07) is 5.58. The quantitative estimate of drug-likeness (QED) is 0.449. The van der Waals surface area contributed by atoms with Crippen LogP contribution >= 0.6 is 11.3 Å². The minimum Gasteiger partial charge on any atom is -0.493 e. The maximum atomic E-state index is 12.2. The summed E-state index contributed by atoms with van der Waals surface area (Å²) in [7, 11) is -0.628. The SMILES string of the molecule is CCC(=O)Nc1nnc(S(=O)(=O)NCCCc2ccc(OC)c(OC)c2)s1. The van der Waals surface area contributed by atoms with Crippen LogP contribution in [0.4, 0.5) is 5.13 Å². The molecule has 0 radical (unpaired) electrons. The lowest BCUT2D eigenvalue weighted by atomic mass is 10.1. The Morgan fingerprint density at radius 3 is 2.59 bits per heavy atom. The molecular weight excluding hydrogens is 392 g/mol. The summed E-state index contributed by atoms with van der Waals surface area (Å²) < 4.78 is 37.2. The number of aromatic nitrogens is 2. The van der Waals surface area contributed by atoms with Crippen molar-refractivity contribution < 1.29 is 22.7 Å². The first-order valence-corrected chi connectivity index (χ1v) is 10.5. The number of hydrogen-bond donors (Lipinski definition) is 2. The van der Waals surface area contributed by atoms with Gasteiger partial charge in [-0.15, -0.1) is 10.2 Å². The van der Waals surface area contributed by atoms with Crippen molar-refractivity contribution in [2.24, 2.45) is 0 Å². The predicted molar refractivity (Wildman–Crippen MR) is 102 cm³/mol. The van der Waals surface area contributed by atoms with Crippen LogP contribution in [0.1, 0.15) is 25.3 Å². The topological polar surface area (TPSA) is 120 Å². The zero-order valence-corrected chi connectivity index (χ0v) is 16.9. The highest BCUT2D eigenvalue weighted by Gasteiger charge is 2.20. The summed E-state index contributed by atoms with van der Waals surface area (Å²) in [5, 5.41) is 9.94. The molecule has 0 spiro atoms. The fourth-order valence-electron chi connectivity index (χ4n) is 2.17. The Hall–Kier alpha value is -2.24. The van der Waals surface area contributed by atoms with Crippen LogP contribution in [0.15, 0.2) is 22.5 Å². The number of carbonyl (C=O) groups is 1. The van der Waals surface area contributed by atoms with Gasteiger partial charge < -0.3 is 14.8 Å². The van der Waals surface area contributed by atoms with Gasteiger partial charge >= 0.3 is 0 Å². The molecule has 1 heterocycles. The first-order chi connectivity index (χ1) is 12.9. The molecule has 0 fully saturated rings. The zero-order chi connectivity index (χ0) is 19.9. The van der Waals surface area contributed by atoms with Gasteiger partial charge in [0.2, 0.25) is 15.4 Å². The summed E-state index contributed by atoms with van der Waals surface area (Å²) in [4.78, 5) is 11.3. The third-order valence-electron chi connectivity index (χ3n) is 3.59. The minimum absolute atomic E-state index is 0.160. The van der Waals surface area contributed by atoms with Gasteiger partial charge in [0.05, 0.1) is 14.2 Å². The number of nitrogens with one attached hydrogen (secondary N) is 2. The van der Waals surface area contributed by atoms with Crippen molar-refractivity contribution >= 4 is 32.4 Å². The second kappa shape index (κ2) is 9.62. The van der Waals surface area contributed by atoms with Crippen molar-refractivity contribution in [1.82, 2.24) is 14.9 Å². The highest BCUT2D eigenvalue weighted by atomic mass is 32.2. The van der Waals surface area contributed by atoms with Gasteiger partial charge in [-0.25, -0.2) is 13.1 Å². The van der Waals surface area contributed by atoms with Crippen LogP contribution < -0.4 is 19.5 Å². The van der Waals surface area contributed by atoms with Crippen molar-refractivity contribution in [3.05, 3.63) is 23.8 Å². The third-order valence-corrected chi connectivity index (χ3v) is 6.25. The predicted octanol–water partition coefficient (Wildman–Crippen LogP) is 1.81. The molecule has 0 unspecified atom stereocenters. The van der Waals surface area contributed by atoms with Crippen LogP contribution in [0, 0.1) is 0 Å². The number of sulfonamides is 1. The number of carbonyl (C=O) groups excluding carboxylic acids is 1. The highest BCUT2D eigenvalue weighted by Crippen LogP contribution is 2.28. The number of ether oxygens (including phenoxy) is 2. The van der Waals surface area contributed by atoms with Gasteiger partial charge in [-0.05, 0) is 30.5 Å². The van der Waals surface area contributed by atoms with Gasteiger partial charge in [0.1, 0.15) is 0 Å². The molecule has 0 aliphatic carbocycles. The average molecular weight is 415 g/mol. The number of amides is 1. The van der Waals surface area contributed by atoms with E-state index in [1.165, 1.54) is 0 Å². The summed E-state index contributed by atoms with van der Waals surface area (Å²) in [6.45, 7) is 1.93. The molecule has 0 bridgehead atoms. The molecule has 1 aromatic heterocycles. The Bertz CT molecular complexity index is 883. The van der Waals surface area contributed by atoms with Crippen LogP contribution in [-0.2, 0) is 21.2 Å². The number of rotatable bonds is 10. The lowest BCUT2D eigenvalue weighted by Crippen LogP contribution is -2.25. The van der Waals surface area contributed by atoms with E-state index in [-0.39, 0.29) is 28.3 Å². The van der Waals surface area contributed by atoms with Gasteiger partial charge in [0, 0.05) is 13.0 Å². The summed E-state index contributed by atoms with van der Waals surface area (Å²) >= 11 is 0.812. The summed E-state index contributed by atoms with van der Waals surface area (Å²) in [5.41, 5.74) is 1.01. The second-order valence-corrected chi connectivity index (χ2v) is 8.38. The van der Waals surface area contributed by atoms with Gasteiger partial charge in [-0.3, -0.25) is 4.79 Å². The van der Waals surface area contributed by atoms with Gasteiger partial charge in [0.15, 0.2) is 11.5 Å². The Labute approximate surface area is 162 Å². The number of benzene rings is 1. The molecule has 0 atom stereocenters. The number of aryl methyl sites for hydroxylation is 1. The first kappa shape index (κ1) is 21.1. The maximum absolute atomic E-state index is 12.2.